The van der Waals surface area contributed by atoms with Gasteiger partial charge in [0, 0.05) is 25.4 Å². The van der Waals surface area contributed by atoms with Gasteiger partial charge < -0.3 is 20.5 Å². The summed E-state index contributed by atoms with van der Waals surface area (Å²) in [4.78, 5) is 12.5. The first-order valence-electron chi connectivity index (χ1n) is 6.54. The molecule has 21 heavy (non-hydrogen) atoms. The minimum absolute atomic E-state index is 0. The Morgan fingerprint density at radius 3 is 2.67 bits per heavy atom. The number of halogens is 2. The molecule has 118 valence electrons. The Balaban J connectivity index is 0.00000220. The molecule has 1 amide bonds. The lowest BCUT2D eigenvalue weighted by atomic mass is 9.79. The lowest BCUT2D eigenvalue weighted by Crippen LogP contribution is -2.46. The zero-order valence-electron chi connectivity index (χ0n) is 11.9. The number of nitrogens with one attached hydrogen (secondary N) is 1. The average molecular weight is 335 g/mol. The standard InChI is InChI=1S/C14H19ClN2O3.ClH/c1-19-12-3-2-10(8-11(12)15)17-13(18)14(9-16)4-6-20-7-5-14;/h2-3,8H,4-7,9,16H2,1H3,(H,17,18);1H. The van der Waals surface area contributed by atoms with Crippen LogP contribution in [0.5, 0.6) is 5.75 Å². The summed E-state index contributed by atoms with van der Waals surface area (Å²) in [5.41, 5.74) is 5.89. The van der Waals surface area contributed by atoms with Gasteiger partial charge in [-0.15, -0.1) is 12.4 Å². The van der Waals surface area contributed by atoms with E-state index in [-0.39, 0.29) is 18.3 Å². The SMILES string of the molecule is COc1ccc(NC(=O)C2(CN)CCOCC2)cc1Cl.Cl. The minimum Gasteiger partial charge on any atom is -0.495 e. The predicted molar refractivity (Wildman–Crippen MR) is 85.4 cm³/mol. The van der Waals surface area contributed by atoms with Gasteiger partial charge in [0.25, 0.3) is 0 Å². The summed E-state index contributed by atoms with van der Waals surface area (Å²) in [5.74, 6) is 0.494. The third-order valence-electron chi connectivity index (χ3n) is 3.73. The largest absolute Gasteiger partial charge is 0.495 e. The van der Waals surface area contributed by atoms with E-state index in [1.807, 2.05) is 0 Å². The highest BCUT2D eigenvalue weighted by molar-refractivity contribution is 6.32. The number of carbonyl (C=O) groups is 1. The molecule has 0 aromatic heterocycles. The number of rotatable bonds is 4. The van der Waals surface area contributed by atoms with Crippen LogP contribution < -0.4 is 15.8 Å². The second-order valence-corrected chi connectivity index (χ2v) is 5.31. The fraction of sp³-hybridized carbons (Fsp3) is 0.500. The summed E-state index contributed by atoms with van der Waals surface area (Å²) in [6, 6.07) is 5.14. The van der Waals surface area contributed by atoms with Crippen LogP contribution in [0.4, 0.5) is 5.69 Å². The number of ether oxygens (including phenoxy) is 2. The summed E-state index contributed by atoms with van der Waals surface area (Å²) in [7, 11) is 1.55. The molecule has 0 saturated carbocycles. The van der Waals surface area contributed by atoms with E-state index in [0.29, 0.717) is 49.1 Å². The van der Waals surface area contributed by atoms with Gasteiger partial charge in [-0.2, -0.15) is 0 Å². The number of anilines is 1. The molecule has 1 saturated heterocycles. The van der Waals surface area contributed by atoms with Crippen molar-refractivity contribution in [3.63, 3.8) is 0 Å². The van der Waals surface area contributed by atoms with Crippen LogP contribution in [-0.4, -0.2) is 32.8 Å². The summed E-state index contributed by atoms with van der Waals surface area (Å²) in [6.45, 7) is 1.44. The van der Waals surface area contributed by atoms with E-state index in [9.17, 15) is 4.79 Å². The van der Waals surface area contributed by atoms with Gasteiger partial charge in [0.15, 0.2) is 0 Å². The van der Waals surface area contributed by atoms with Crippen molar-refractivity contribution in [2.24, 2.45) is 11.1 Å². The smallest absolute Gasteiger partial charge is 0.232 e. The molecule has 0 radical (unpaired) electrons. The van der Waals surface area contributed by atoms with Crippen LogP contribution in [0.2, 0.25) is 5.02 Å². The third kappa shape index (κ3) is 4.01. The maximum Gasteiger partial charge on any atom is 0.232 e. The summed E-state index contributed by atoms with van der Waals surface area (Å²) in [5, 5.41) is 3.34. The van der Waals surface area contributed by atoms with E-state index in [2.05, 4.69) is 5.32 Å². The first-order valence-corrected chi connectivity index (χ1v) is 6.92. The Labute approximate surface area is 135 Å². The monoisotopic (exact) mass is 334 g/mol. The van der Waals surface area contributed by atoms with Crippen molar-refractivity contribution in [2.45, 2.75) is 12.8 Å². The van der Waals surface area contributed by atoms with E-state index >= 15 is 0 Å². The number of nitrogens with two attached hydrogens (primary N) is 1. The molecule has 3 N–H and O–H groups in total. The molecule has 1 aliphatic heterocycles. The summed E-state index contributed by atoms with van der Waals surface area (Å²) in [6.07, 6.45) is 1.28. The number of hydrogen-bond donors (Lipinski definition) is 2. The molecular weight excluding hydrogens is 315 g/mol. The van der Waals surface area contributed by atoms with Crippen LogP contribution >= 0.6 is 24.0 Å². The Morgan fingerprint density at radius 1 is 1.48 bits per heavy atom. The number of carbonyl (C=O) groups excluding carboxylic acids is 1. The van der Waals surface area contributed by atoms with Crippen LogP contribution in [-0.2, 0) is 9.53 Å². The van der Waals surface area contributed by atoms with Crippen molar-refractivity contribution in [3.8, 4) is 5.75 Å². The molecule has 0 aliphatic carbocycles. The van der Waals surface area contributed by atoms with Crippen molar-refractivity contribution in [1.29, 1.82) is 0 Å². The lowest BCUT2D eigenvalue weighted by molar-refractivity contribution is -0.130. The zero-order valence-corrected chi connectivity index (χ0v) is 13.4. The second kappa shape index (κ2) is 7.84. The summed E-state index contributed by atoms with van der Waals surface area (Å²) < 4.78 is 10.4. The number of hydrogen-bond acceptors (Lipinski definition) is 4. The molecule has 1 aromatic rings. The predicted octanol–water partition coefficient (Wildman–Crippen LogP) is 2.46. The van der Waals surface area contributed by atoms with Gasteiger partial charge in [-0.1, -0.05) is 11.6 Å². The number of methoxy groups -OCH3 is 1. The Hall–Kier alpha value is -1.01. The topological polar surface area (TPSA) is 73.6 Å². The van der Waals surface area contributed by atoms with Gasteiger partial charge >= 0.3 is 0 Å². The lowest BCUT2D eigenvalue weighted by Gasteiger charge is -2.34. The fourth-order valence-corrected chi connectivity index (χ4v) is 2.55. The fourth-order valence-electron chi connectivity index (χ4n) is 2.29. The van der Waals surface area contributed by atoms with Crippen molar-refractivity contribution in [2.75, 3.05) is 32.2 Å². The molecule has 2 rings (SSSR count). The Morgan fingerprint density at radius 2 is 2.14 bits per heavy atom. The molecule has 0 unspecified atom stereocenters. The maximum atomic E-state index is 12.5. The van der Waals surface area contributed by atoms with Gasteiger partial charge in [-0.25, -0.2) is 0 Å². The van der Waals surface area contributed by atoms with Crippen LogP contribution in [0.15, 0.2) is 18.2 Å². The maximum absolute atomic E-state index is 12.5. The highest BCUT2D eigenvalue weighted by Crippen LogP contribution is 2.32. The van der Waals surface area contributed by atoms with Crippen molar-refractivity contribution in [1.82, 2.24) is 0 Å². The number of amides is 1. The molecule has 0 atom stereocenters. The Bertz CT molecular complexity index is 491. The average Bonchev–Trinajstić information content (AvgIpc) is 2.48. The number of benzene rings is 1. The molecule has 0 spiro atoms. The van der Waals surface area contributed by atoms with Crippen molar-refractivity contribution < 1.29 is 14.3 Å². The second-order valence-electron chi connectivity index (χ2n) is 4.90. The normalized spacial score (nSPS) is 16.7. The van der Waals surface area contributed by atoms with Crippen LogP contribution in [0.3, 0.4) is 0 Å². The van der Waals surface area contributed by atoms with Gasteiger partial charge in [0.2, 0.25) is 5.91 Å². The van der Waals surface area contributed by atoms with Crippen molar-refractivity contribution >= 4 is 35.6 Å². The molecule has 1 aromatic carbocycles. The molecule has 1 fully saturated rings. The molecule has 5 nitrogen and oxygen atoms in total. The molecular formula is C14H20Cl2N2O3. The van der Waals surface area contributed by atoms with E-state index < -0.39 is 5.41 Å². The first-order chi connectivity index (χ1) is 9.61. The van der Waals surface area contributed by atoms with Gasteiger partial charge in [0.1, 0.15) is 5.75 Å². The van der Waals surface area contributed by atoms with E-state index in [0.717, 1.165) is 0 Å². The van der Waals surface area contributed by atoms with E-state index in [4.69, 9.17) is 26.8 Å². The molecule has 1 heterocycles. The van der Waals surface area contributed by atoms with Gasteiger partial charge in [-0.05, 0) is 31.0 Å². The quantitative estimate of drug-likeness (QED) is 0.886. The first kappa shape index (κ1) is 18.0. The van der Waals surface area contributed by atoms with Gasteiger partial charge in [-0.3, -0.25) is 4.79 Å². The van der Waals surface area contributed by atoms with Crippen LogP contribution in [0.25, 0.3) is 0 Å². The van der Waals surface area contributed by atoms with Crippen LogP contribution in [0, 0.1) is 5.41 Å². The van der Waals surface area contributed by atoms with E-state index in [1.54, 1.807) is 25.3 Å². The van der Waals surface area contributed by atoms with E-state index in [1.165, 1.54) is 0 Å². The van der Waals surface area contributed by atoms with Gasteiger partial charge in [0.05, 0.1) is 17.5 Å². The highest BCUT2D eigenvalue weighted by atomic mass is 35.5. The third-order valence-corrected chi connectivity index (χ3v) is 4.03. The Kier molecular flexibility index (Phi) is 6.74. The van der Waals surface area contributed by atoms with Crippen molar-refractivity contribution in [3.05, 3.63) is 23.2 Å². The minimum atomic E-state index is -0.551. The zero-order chi connectivity index (χ0) is 14.6. The molecule has 0 bridgehead atoms. The summed E-state index contributed by atoms with van der Waals surface area (Å²) >= 11 is 6.05. The highest BCUT2D eigenvalue weighted by Gasteiger charge is 2.38. The molecule has 1 aliphatic rings. The van der Waals surface area contributed by atoms with Crippen LogP contribution in [0.1, 0.15) is 12.8 Å². The molecule has 7 heteroatoms.